The summed E-state index contributed by atoms with van der Waals surface area (Å²) in [6, 6.07) is 8.35. The van der Waals surface area contributed by atoms with Crippen molar-refractivity contribution in [2.75, 3.05) is 18.4 Å². The van der Waals surface area contributed by atoms with Crippen molar-refractivity contribution in [3.8, 4) is 10.6 Å². The Morgan fingerprint density at radius 3 is 2.66 bits per heavy atom. The standard InChI is InChI=1S/C19H18ClN3O3S3/c1-12-4-5-13(29(25,26)23-8-2-3-9-23)10-14(12)18(24)22-19-21-15(11-27-19)16-6-7-17(20)28-16/h4-7,10-11H,2-3,8-9H2,1H3,(H,21,22,24). The van der Waals surface area contributed by atoms with Crippen LogP contribution in [0.15, 0.2) is 40.6 Å². The monoisotopic (exact) mass is 467 g/mol. The highest BCUT2D eigenvalue weighted by Gasteiger charge is 2.28. The lowest BCUT2D eigenvalue weighted by Crippen LogP contribution is -2.28. The molecule has 1 amide bonds. The Kier molecular flexibility index (Phi) is 5.76. The van der Waals surface area contributed by atoms with Gasteiger partial charge in [-0.2, -0.15) is 4.31 Å². The fraction of sp³-hybridized carbons (Fsp3) is 0.263. The molecule has 0 spiro atoms. The first kappa shape index (κ1) is 20.5. The summed E-state index contributed by atoms with van der Waals surface area (Å²) in [5, 5.41) is 5.07. The lowest BCUT2D eigenvalue weighted by atomic mass is 10.1. The van der Waals surface area contributed by atoms with Gasteiger partial charge in [0.2, 0.25) is 10.0 Å². The van der Waals surface area contributed by atoms with Crippen molar-refractivity contribution in [3.05, 3.63) is 51.2 Å². The Morgan fingerprint density at radius 2 is 1.97 bits per heavy atom. The Hall–Kier alpha value is -1.78. The van der Waals surface area contributed by atoms with E-state index in [1.165, 1.54) is 33.0 Å². The van der Waals surface area contributed by atoms with Gasteiger partial charge in [0.1, 0.15) is 0 Å². The lowest BCUT2D eigenvalue weighted by molar-refractivity contribution is 0.102. The molecule has 10 heteroatoms. The lowest BCUT2D eigenvalue weighted by Gasteiger charge is -2.16. The van der Waals surface area contributed by atoms with E-state index in [2.05, 4.69) is 10.3 Å². The molecule has 0 atom stereocenters. The molecular formula is C19H18ClN3O3S3. The molecule has 1 fully saturated rings. The van der Waals surface area contributed by atoms with Crippen LogP contribution in [0.2, 0.25) is 4.34 Å². The van der Waals surface area contributed by atoms with Crippen LogP contribution in [0.5, 0.6) is 0 Å². The number of aryl methyl sites for hydroxylation is 1. The molecule has 0 unspecified atom stereocenters. The maximum Gasteiger partial charge on any atom is 0.257 e. The summed E-state index contributed by atoms with van der Waals surface area (Å²) in [4.78, 5) is 18.3. The average molecular weight is 468 g/mol. The van der Waals surface area contributed by atoms with Crippen LogP contribution >= 0.6 is 34.3 Å². The quantitative estimate of drug-likeness (QED) is 0.580. The number of thiazole rings is 1. The van der Waals surface area contributed by atoms with Gasteiger partial charge in [-0.3, -0.25) is 10.1 Å². The number of halogens is 1. The van der Waals surface area contributed by atoms with E-state index >= 15 is 0 Å². The molecule has 1 aliphatic heterocycles. The Labute approximate surface area is 182 Å². The van der Waals surface area contributed by atoms with Gasteiger partial charge in [-0.25, -0.2) is 13.4 Å². The number of sulfonamides is 1. The molecule has 152 valence electrons. The summed E-state index contributed by atoms with van der Waals surface area (Å²) in [5.74, 6) is -0.383. The highest BCUT2D eigenvalue weighted by Crippen LogP contribution is 2.33. The van der Waals surface area contributed by atoms with E-state index in [9.17, 15) is 13.2 Å². The average Bonchev–Trinajstić information content (AvgIpc) is 3.43. The number of thiophene rings is 1. The number of carbonyl (C=O) groups is 1. The molecule has 1 N–H and O–H groups in total. The van der Waals surface area contributed by atoms with Crippen LogP contribution in [0.3, 0.4) is 0 Å². The van der Waals surface area contributed by atoms with E-state index in [1.807, 2.05) is 11.4 Å². The van der Waals surface area contributed by atoms with Gasteiger partial charge in [0.15, 0.2) is 5.13 Å². The minimum atomic E-state index is -3.58. The fourth-order valence-corrected chi connectivity index (χ4v) is 6.47. The van der Waals surface area contributed by atoms with E-state index in [0.29, 0.717) is 33.7 Å². The Balaban J connectivity index is 1.57. The SMILES string of the molecule is Cc1ccc(S(=O)(=O)N2CCCC2)cc1C(=O)Nc1nc(-c2ccc(Cl)s2)cs1. The smallest absolute Gasteiger partial charge is 0.257 e. The van der Waals surface area contributed by atoms with Crippen molar-refractivity contribution in [2.24, 2.45) is 0 Å². The van der Waals surface area contributed by atoms with Crippen molar-refractivity contribution in [3.63, 3.8) is 0 Å². The largest absolute Gasteiger partial charge is 0.298 e. The third kappa shape index (κ3) is 4.24. The number of hydrogen-bond acceptors (Lipinski definition) is 6. The minimum absolute atomic E-state index is 0.142. The highest BCUT2D eigenvalue weighted by atomic mass is 35.5. The first-order valence-corrected chi connectivity index (χ1v) is 12.5. The molecule has 0 saturated carbocycles. The van der Waals surface area contributed by atoms with Crippen molar-refractivity contribution in [1.82, 2.24) is 9.29 Å². The summed E-state index contributed by atoms with van der Waals surface area (Å²) in [6.07, 6.45) is 1.72. The third-order valence-corrected chi connectivity index (χ3v) is 8.61. The molecule has 1 aromatic carbocycles. The van der Waals surface area contributed by atoms with E-state index < -0.39 is 10.0 Å². The van der Waals surface area contributed by atoms with Crippen LogP contribution in [0.25, 0.3) is 10.6 Å². The fourth-order valence-electron chi connectivity index (χ4n) is 3.14. The van der Waals surface area contributed by atoms with Gasteiger partial charge < -0.3 is 0 Å². The molecule has 4 rings (SSSR count). The van der Waals surface area contributed by atoms with Crippen LogP contribution < -0.4 is 5.32 Å². The zero-order chi connectivity index (χ0) is 20.6. The third-order valence-electron chi connectivity index (χ3n) is 4.71. The van der Waals surface area contributed by atoms with Gasteiger partial charge in [0.25, 0.3) is 5.91 Å². The Bertz CT molecular complexity index is 1160. The summed E-state index contributed by atoms with van der Waals surface area (Å²) < 4.78 is 27.8. The van der Waals surface area contributed by atoms with Gasteiger partial charge in [-0.05, 0) is 49.6 Å². The molecule has 29 heavy (non-hydrogen) atoms. The number of benzene rings is 1. The van der Waals surface area contributed by atoms with E-state index in [4.69, 9.17) is 11.6 Å². The van der Waals surface area contributed by atoms with Crippen LogP contribution in [0.4, 0.5) is 5.13 Å². The maximum atomic E-state index is 12.8. The number of hydrogen-bond donors (Lipinski definition) is 1. The number of anilines is 1. The zero-order valence-corrected chi connectivity index (χ0v) is 18.7. The van der Waals surface area contributed by atoms with Crippen LogP contribution in [0.1, 0.15) is 28.8 Å². The van der Waals surface area contributed by atoms with Crippen molar-refractivity contribution in [1.29, 1.82) is 0 Å². The first-order chi connectivity index (χ1) is 13.8. The van der Waals surface area contributed by atoms with E-state index in [1.54, 1.807) is 25.1 Å². The van der Waals surface area contributed by atoms with Gasteiger partial charge in [0.05, 0.1) is 19.8 Å². The number of carbonyl (C=O) groups excluding carboxylic acids is 1. The molecule has 3 aromatic rings. The molecular weight excluding hydrogens is 450 g/mol. The summed E-state index contributed by atoms with van der Waals surface area (Å²) in [5.41, 5.74) is 1.76. The highest BCUT2D eigenvalue weighted by molar-refractivity contribution is 7.89. The van der Waals surface area contributed by atoms with Crippen LogP contribution in [-0.4, -0.2) is 36.7 Å². The second-order valence-corrected chi connectivity index (χ2v) is 11.2. The normalized spacial score (nSPS) is 15.0. The van der Waals surface area contributed by atoms with Crippen molar-refractivity contribution < 1.29 is 13.2 Å². The Morgan fingerprint density at radius 1 is 1.21 bits per heavy atom. The number of rotatable bonds is 5. The second-order valence-electron chi connectivity index (χ2n) is 6.68. The molecule has 1 saturated heterocycles. The van der Waals surface area contributed by atoms with Gasteiger partial charge in [0, 0.05) is 24.0 Å². The number of aromatic nitrogens is 1. The second kappa shape index (κ2) is 8.16. The van der Waals surface area contributed by atoms with Crippen molar-refractivity contribution in [2.45, 2.75) is 24.7 Å². The molecule has 6 nitrogen and oxygen atoms in total. The molecule has 0 aliphatic carbocycles. The van der Waals surface area contributed by atoms with Crippen LogP contribution in [0, 0.1) is 6.92 Å². The van der Waals surface area contributed by atoms with Gasteiger partial charge in [-0.1, -0.05) is 17.7 Å². The topological polar surface area (TPSA) is 79.4 Å². The maximum absolute atomic E-state index is 12.8. The van der Waals surface area contributed by atoms with Crippen LogP contribution in [-0.2, 0) is 10.0 Å². The minimum Gasteiger partial charge on any atom is -0.298 e. The molecule has 0 bridgehead atoms. The number of nitrogens with one attached hydrogen (secondary N) is 1. The zero-order valence-electron chi connectivity index (χ0n) is 15.5. The van der Waals surface area contributed by atoms with Gasteiger partial charge in [-0.15, -0.1) is 22.7 Å². The first-order valence-electron chi connectivity index (χ1n) is 8.98. The van der Waals surface area contributed by atoms with E-state index in [-0.39, 0.29) is 10.8 Å². The predicted octanol–water partition coefficient (Wildman–Crippen LogP) is 4.87. The van der Waals surface area contributed by atoms with E-state index in [0.717, 1.165) is 23.4 Å². The number of amides is 1. The summed E-state index contributed by atoms with van der Waals surface area (Å²) in [7, 11) is -3.58. The summed E-state index contributed by atoms with van der Waals surface area (Å²) >= 11 is 8.69. The molecule has 1 aliphatic rings. The van der Waals surface area contributed by atoms with Crippen molar-refractivity contribution >= 4 is 55.3 Å². The summed E-state index contributed by atoms with van der Waals surface area (Å²) in [6.45, 7) is 2.82. The molecule has 2 aromatic heterocycles. The molecule has 0 radical (unpaired) electrons. The molecule has 3 heterocycles. The predicted molar refractivity (Wildman–Crippen MR) is 118 cm³/mol. The number of nitrogens with zero attached hydrogens (tertiary/aromatic N) is 2. The van der Waals surface area contributed by atoms with Gasteiger partial charge >= 0.3 is 0 Å².